The fraction of sp³-hybridized carbons (Fsp3) is 0.529. The van der Waals surface area contributed by atoms with Crippen LogP contribution in [-0.4, -0.2) is 50.2 Å². The van der Waals surface area contributed by atoms with Gasteiger partial charge >= 0.3 is 12.1 Å². The number of piperidine rings is 1. The van der Waals surface area contributed by atoms with Gasteiger partial charge in [-0.25, -0.2) is 0 Å². The SMILES string of the molecule is COc1ccc(CNC(=O)C2CCCN(C(=O)C(F)(F)F)C2)cc1OC. The Labute approximate surface area is 149 Å². The monoisotopic (exact) mass is 374 g/mol. The lowest BCUT2D eigenvalue weighted by Gasteiger charge is -2.32. The van der Waals surface area contributed by atoms with Crippen molar-refractivity contribution >= 4 is 11.8 Å². The maximum atomic E-state index is 12.6. The average molecular weight is 374 g/mol. The van der Waals surface area contributed by atoms with Crippen LogP contribution in [-0.2, 0) is 16.1 Å². The third-order valence-electron chi connectivity index (χ3n) is 4.24. The number of rotatable bonds is 5. The summed E-state index contributed by atoms with van der Waals surface area (Å²) in [6.45, 7) is -0.0170. The predicted molar refractivity (Wildman–Crippen MR) is 86.8 cm³/mol. The third kappa shape index (κ3) is 4.80. The minimum atomic E-state index is -4.92. The summed E-state index contributed by atoms with van der Waals surface area (Å²) in [7, 11) is 3.00. The topological polar surface area (TPSA) is 67.9 Å². The molecule has 1 aliphatic heterocycles. The summed E-state index contributed by atoms with van der Waals surface area (Å²) in [6.07, 6.45) is -4.12. The van der Waals surface area contributed by atoms with Crippen molar-refractivity contribution in [3.8, 4) is 11.5 Å². The third-order valence-corrected chi connectivity index (χ3v) is 4.24. The first-order valence-electron chi connectivity index (χ1n) is 8.11. The number of halogens is 3. The summed E-state index contributed by atoms with van der Waals surface area (Å²) in [6, 6.07) is 5.16. The van der Waals surface area contributed by atoms with E-state index < -0.39 is 18.0 Å². The fourth-order valence-electron chi connectivity index (χ4n) is 2.88. The molecule has 144 valence electrons. The summed E-state index contributed by atoms with van der Waals surface area (Å²) in [5, 5.41) is 2.70. The number of carbonyl (C=O) groups is 2. The predicted octanol–water partition coefficient (Wildman–Crippen LogP) is 2.12. The van der Waals surface area contributed by atoms with Gasteiger partial charge in [0.05, 0.1) is 20.1 Å². The van der Waals surface area contributed by atoms with Crippen molar-refractivity contribution in [1.82, 2.24) is 10.2 Å². The molecule has 6 nitrogen and oxygen atoms in total. The van der Waals surface area contributed by atoms with Crippen LogP contribution in [0.2, 0.25) is 0 Å². The molecule has 1 fully saturated rings. The van der Waals surface area contributed by atoms with Crippen molar-refractivity contribution in [2.24, 2.45) is 5.92 Å². The fourth-order valence-corrected chi connectivity index (χ4v) is 2.88. The number of ether oxygens (including phenoxy) is 2. The Morgan fingerprint density at radius 1 is 1.23 bits per heavy atom. The maximum absolute atomic E-state index is 12.6. The van der Waals surface area contributed by atoms with Crippen molar-refractivity contribution in [1.29, 1.82) is 0 Å². The number of carbonyl (C=O) groups excluding carboxylic acids is 2. The zero-order valence-corrected chi connectivity index (χ0v) is 14.6. The molecular formula is C17H21F3N2O4. The Kier molecular flexibility index (Phi) is 6.33. The van der Waals surface area contributed by atoms with Crippen LogP contribution in [0.25, 0.3) is 0 Å². The van der Waals surface area contributed by atoms with Crippen molar-refractivity contribution in [3.05, 3.63) is 23.8 Å². The highest BCUT2D eigenvalue weighted by molar-refractivity contribution is 5.84. The molecule has 0 aromatic heterocycles. The van der Waals surface area contributed by atoms with E-state index in [4.69, 9.17) is 9.47 Å². The van der Waals surface area contributed by atoms with Crippen molar-refractivity contribution in [2.75, 3.05) is 27.3 Å². The quantitative estimate of drug-likeness (QED) is 0.857. The van der Waals surface area contributed by atoms with Crippen LogP contribution in [0.1, 0.15) is 18.4 Å². The number of nitrogens with zero attached hydrogens (tertiary/aromatic N) is 1. The Balaban J connectivity index is 1.94. The van der Waals surface area contributed by atoms with Gasteiger partial charge in [-0.3, -0.25) is 9.59 Å². The highest BCUT2D eigenvalue weighted by Gasteiger charge is 2.44. The minimum Gasteiger partial charge on any atom is -0.493 e. The van der Waals surface area contributed by atoms with E-state index in [1.54, 1.807) is 18.2 Å². The van der Waals surface area contributed by atoms with E-state index in [0.29, 0.717) is 29.2 Å². The number of methoxy groups -OCH3 is 2. The van der Waals surface area contributed by atoms with Crippen LogP contribution in [0.3, 0.4) is 0 Å². The number of alkyl halides is 3. The molecule has 0 spiro atoms. The van der Waals surface area contributed by atoms with Crippen LogP contribution in [0.4, 0.5) is 13.2 Å². The average Bonchev–Trinajstić information content (AvgIpc) is 2.64. The van der Waals surface area contributed by atoms with Crippen LogP contribution < -0.4 is 14.8 Å². The Morgan fingerprint density at radius 2 is 1.92 bits per heavy atom. The molecule has 26 heavy (non-hydrogen) atoms. The van der Waals surface area contributed by atoms with E-state index in [2.05, 4.69) is 5.32 Å². The largest absolute Gasteiger partial charge is 0.493 e. The van der Waals surface area contributed by atoms with Gasteiger partial charge in [0.25, 0.3) is 0 Å². The Hall–Kier alpha value is -2.45. The second-order valence-electron chi connectivity index (χ2n) is 6.00. The van der Waals surface area contributed by atoms with Crippen molar-refractivity contribution in [3.63, 3.8) is 0 Å². The molecule has 1 saturated heterocycles. The van der Waals surface area contributed by atoms with Gasteiger partial charge in [0, 0.05) is 19.6 Å². The molecule has 2 rings (SSSR count). The number of likely N-dealkylation sites (tertiary alicyclic amines) is 1. The second-order valence-corrected chi connectivity index (χ2v) is 6.00. The molecule has 1 atom stereocenters. The van der Waals surface area contributed by atoms with Crippen LogP contribution in [0, 0.1) is 5.92 Å². The van der Waals surface area contributed by atoms with E-state index in [0.717, 1.165) is 5.56 Å². The first-order valence-corrected chi connectivity index (χ1v) is 8.11. The summed E-state index contributed by atoms with van der Waals surface area (Å²) >= 11 is 0. The Bertz CT molecular complexity index is 664. The van der Waals surface area contributed by atoms with Crippen molar-refractivity contribution in [2.45, 2.75) is 25.6 Å². The zero-order valence-electron chi connectivity index (χ0n) is 14.6. The van der Waals surface area contributed by atoms with E-state index in [1.807, 2.05) is 0 Å². The van der Waals surface area contributed by atoms with Gasteiger partial charge in [-0.05, 0) is 30.5 Å². The van der Waals surface area contributed by atoms with Crippen LogP contribution >= 0.6 is 0 Å². The molecule has 1 N–H and O–H groups in total. The van der Waals surface area contributed by atoms with Crippen LogP contribution in [0.15, 0.2) is 18.2 Å². The van der Waals surface area contributed by atoms with E-state index >= 15 is 0 Å². The molecule has 0 bridgehead atoms. The molecule has 9 heteroatoms. The van der Waals surface area contributed by atoms with E-state index in [1.165, 1.54) is 14.2 Å². The second kappa shape index (κ2) is 8.29. The van der Waals surface area contributed by atoms with Gasteiger partial charge in [-0.1, -0.05) is 6.07 Å². The first-order chi connectivity index (χ1) is 12.3. The van der Waals surface area contributed by atoms with Gasteiger partial charge in [-0.15, -0.1) is 0 Å². The summed E-state index contributed by atoms with van der Waals surface area (Å²) in [5.41, 5.74) is 0.759. The van der Waals surface area contributed by atoms with Crippen LogP contribution in [0.5, 0.6) is 11.5 Å². The molecule has 1 heterocycles. The molecule has 1 aromatic carbocycles. The molecule has 1 aromatic rings. The van der Waals surface area contributed by atoms with E-state index in [9.17, 15) is 22.8 Å². The number of amides is 2. The maximum Gasteiger partial charge on any atom is 0.471 e. The lowest BCUT2D eigenvalue weighted by atomic mass is 9.97. The highest BCUT2D eigenvalue weighted by atomic mass is 19.4. The summed E-state index contributed by atoms with van der Waals surface area (Å²) < 4.78 is 48.0. The number of benzene rings is 1. The molecule has 0 radical (unpaired) electrons. The van der Waals surface area contributed by atoms with E-state index in [-0.39, 0.29) is 25.5 Å². The van der Waals surface area contributed by atoms with Gasteiger partial charge < -0.3 is 19.7 Å². The van der Waals surface area contributed by atoms with Gasteiger partial charge in [-0.2, -0.15) is 13.2 Å². The highest BCUT2D eigenvalue weighted by Crippen LogP contribution is 2.28. The van der Waals surface area contributed by atoms with Gasteiger partial charge in [0.1, 0.15) is 0 Å². The van der Waals surface area contributed by atoms with Crippen molar-refractivity contribution < 1.29 is 32.2 Å². The minimum absolute atomic E-state index is 0.0117. The molecule has 0 saturated carbocycles. The molecule has 1 aliphatic rings. The molecule has 2 amide bonds. The summed E-state index contributed by atoms with van der Waals surface area (Å²) in [4.78, 5) is 24.3. The molecule has 1 unspecified atom stereocenters. The van der Waals surface area contributed by atoms with Gasteiger partial charge in [0.2, 0.25) is 5.91 Å². The molecule has 0 aliphatic carbocycles. The lowest BCUT2D eigenvalue weighted by molar-refractivity contribution is -0.187. The zero-order chi connectivity index (χ0) is 19.3. The van der Waals surface area contributed by atoms with Gasteiger partial charge in [0.15, 0.2) is 11.5 Å². The Morgan fingerprint density at radius 3 is 2.54 bits per heavy atom. The molecular weight excluding hydrogens is 353 g/mol. The standard InChI is InChI=1S/C17H21F3N2O4/c1-25-13-6-5-11(8-14(13)26-2)9-21-15(23)12-4-3-7-22(10-12)16(24)17(18,19)20/h5-6,8,12H,3-4,7,9-10H2,1-2H3,(H,21,23). The first kappa shape index (κ1) is 19.9. The summed E-state index contributed by atoms with van der Waals surface area (Å²) in [5.74, 6) is -1.86. The number of hydrogen-bond donors (Lipinski definition) is 1. The smallest absolute Gasteiger partial charge is 0.471 e. The lowest BCUT2D eigenvalue weighted by Crippen LogP contribution is -2.49. The number of hydrogen-bond acceptors (Lipinski definition) is 4. The number of nitrogens with one attached hydrogen (secondary N) is 1. The normalized spacial score (nSPS) is 17.6.